The minimum Gasteiger partial charge on any atom is -0.493 e. The summed E-state index contributed by atoms with van der Waals surface area (Å²) in [6.45, 7) is 0.895. The summed E-state index contributed by atoms with van der Waals surface area (Å²) < 4.78 is 28.4. The zero-order valence-corrected chi connectivity index (χ0v) is 16.6. The van der Waals surface area contributed by atoms with Crippen LogP contribution in [0.5, 0.6) is 11.5 Å². The van der Waals surface area contributed by atoms with E-state index in [2.05, 4.69) is 5.32 Å². The topological polar surface area (TPSA) is 146 Å². The second-order valence-corrected chi connectivity index (χ2v) is 6.11. The van der Waals surface area contributed by atoms with Gasteiger partial charge in [-0.05, 0) is 49.4 Å². The molecule has 0 saturated heterocycles. The van der Waals surface area contributed by atoms with E-state index in [1.807, 2.05) is 0 Å². The summed E-state index contributed by atoms with van der Waals surface area (Å²) >= 11 is 0. The molecule has 0 aliphatic rings. The van der Waals surface area contributed by atoms with E-state index in [4.69, 9.17) is 19.9 Å². The number of nitrogens with one attached hydrogen (secondary N) is 2. The van der Waals surface area contributed by atoms with Crippen LogP contribution in [0.4, 0.5) is 14.9 Å². The lowest BCUT2D eigenvalue weighted by Crippen LogP contribution is -2.42. The Kier molecular flexibility index (Phi) is 7.89. The molecule has 11 heteroatoms. The van der Waals surface area contributed by atoms with Crippen LogP contribution in [0.3, 0.4) is 0 Å². The van der Waals surface area contributed by atoms with Crippen LogP contribution >= 0.6 is 0 Å². The summed E-state index contributed by atoms with van der Waals surface area (Å²) in [5, 5.41) is 4.34. The number of primary amides is 1. The lowest BCUT2D eigenvalue weighted by Gasteiger charge is -2.14. The van der Waals surface area contributed by atoms with E-state index >= 15 is 0 Å². The van der Waals surface area contributed by atoms with Gasteiger partial charge in [0.1, 0.15) is 5.82 Å². The zero-order chi connectivity index (χ0) is 23.0. The van der Waals surface area contributed by atoms with Crippen molar-refractivity contribution in [3.8, 4) is 11.5 Å². The summed E-state index contributed by atoms with van der Waals surface area (Å²) in [6, 6.07) is 8.17. The first-order valence-corrected chi connectivity index (χ1v) is 8.87. The van der Waals surface area contributed by atoms with Crippen LogP contribution in [0.15, 0.2) is 42.5 Å². The number of amides is 4. The maximum atomic E-state index is 12.9. The summed E-state index contributed by atoms with van der Waals surface area (Å²) in [5.41, 5.74) is 5.28. The predicted octanol–water partition coefficient (Wildman–Crippen LogP) is 1.59. The van der Waals surface area contributed by atoms with Crippen molar-refractivity contribution in [2.75, 3.05) is 19.0 Å². The number of carbonyl (C=O) groups excluding carboxylic acids is 4. The largest absolute Gasteiger partial charge is 0.493 e. The molecule has 4 amide bonds. The predicted molar refractivity (Wildman–Crippen MR) is 106 cm³/mol. The van der Waals surface area contributed by atoms with E-state index in [-0.39, 0.29) is 23.7 Å². The average Bonchev–Trinajstić information content (AvgIpc) is 2.73. The Morgan fingerprint density at radius 1 is 1.06 bits per heavy atom. The molecule has 0 aliphatic heterocycles. The molecule has 1 unspecified atom stereocenters. The number of anilines is 1. The molecule has 0 fully saturated rings. The van der Waals surface area contributed by atoms with E-state index in [0.29, 0.717) is 5.69 Å². The number of rotatable bonds is 8. The molecule has 0 aromatic heterocycles. The molecule has 164 valence electrons. The number of imide groups is 1. The Balaban J connectivity index is 1.98. The standard InChI is InChI=1S/C20H20FN3O7/c1-11(18(26)24-20(22)28)31-19(27)12-3-8-15(16(9-12)29-2)30-10-17(25)23-14-6-4-13(21)5-7-14/h3-9,11H,10H2,1-2H3,(H,23,25)(H3,22,24,26,28). The van der Waals surface area contributed by atoms with Crippen LogP contribution < -0.4 is 25.8 Å². The molecule has 2 aromatic carbocycles. The Bertz CT molecular complexity index is 979. The molecule has 2 aromatic rings. The zero-order valence-electron chi connectivity index (χ0n) is 16.6. The van der Waals surface area contributed by atoms with Crippen LogP contribution in [0.1, 0.15) is 17.3 Å². The maximum Gasteiger partial charge on any atom is 0.339 e. The van der Waals surface area contributed by atoms with Gasteiger partial charge in [0.25, 0.3) is 11.8 Å². The Morgan fingerprint density at radius 3 is 2.35 bits per heavy atom. The molecular formula is C20H20FN3O7. The van der Waals surface area contributed by atoms with Crippen LogP contribution in [0.25, 0.3) is 0 Å². The minimum atomic E-state index is -1.27. The molecule has 0 bridgehead atoms. The number of esters is 1. The first kappa shape index (κ1) is 23.1. The number of hydrogen-bond acceptors (Lipinski definition) is 7. The highest BCUT2D eigenvalue weighted by Crippen LogP contribution is 2.28. The number of urea groups is 1. The molecular weight excluding hydrogens is 413 g/mol. The third kappa shape index (κ3) is 6.99. The number of halogens is 1. The smallest absolute Gasteiger partial charge is 0.339 e. The summed E-state index contributed by atoms with van der Waals surface area (Å²) in [5.74, 6) is -2.34. The maximum absolute atomic E-state index is 12.9. The van der Waals surface area contributed by atoms with Crippen molar-refractivity contribution in [1.82, 2.24) is 5.32 Å². The number of nitrogens with two attached hydrogens (primary N) is 1. The van der Waals surface area contributed by atoms with E-state index in [1.54, 1.807) is 5.32 Å². The number of carbonyl (C=O) groups is 4. The molecule has 10 nitrogen and oxygen atoms in total. The molecule has 0 saturated carbocycles. The summed E-state index contributed by atoms with van der Waals surface area (Å²) in [6.07, 6.45) is -1.27. The number of ether oxygens (including phenoxy) is 3. The quantitative estimate of drug-likeness (QED) is 0.536. The van der Waals surface area contributed by atoms with Crippen LogP contribution in [-0.4, -0.2) is 43.6 Å². The van der Waals surface area contributed by atoms with Gasteiger partial charge in [-0.3, -0.25) is 14.9 Å². The van der Waals surface area contributed by atoms with Crippen molar-refractivity contribution in [2.45, 2.75) is 13.0 Å². The van der Waals surface area contributed by atoms with Crippen LogP contribution in [-0.2, 0) is 14.3 Å². The summed E-state index contributed by atoms with van der Waals surface area (Å²) in [7, 11) is 1.33. The molecule has 0 radical (unpaired) electrons. The van der Waals surface area contributed by atoms with Gasteiger partial charge >= 0.3 is 12.0 Å². The monoisotopic (exact) mass is 433 g/mol. The van der Waals surface area contributed by atoms with E-state index in [0.717, 1.165) is 0 Å². The lowest BCUT2D eigenvalue weighted by molar-refractivity contribution is -0.127. The first-order valence-electron chi connectivity index (χ1n) is 8.87. The van der Waals surface area contributed by atoms with Crippen LogP contribution in [0, 0.1) is 5.82 Å². The van der Waals surface area contributed by atoms with E-state index in [9.17, 15) is 23.6 Å². The molecule has 0 spiro atoms. The van der Waals surface area contributed by atoms with E-state index in [1.165, 1.54) is 56.5 Å². The fourth-order valence-corrected chi connectivity index (χ4v) is 2.29. The average molecular weight is 433 g/mol. The van der Waals surface area contributed by atoms with Crippen molar-refractivity contribution < 1.29 is 37.8 Å². The first-order chi connectivity index (χ1) is 14.7. The summed E-state index contributed by atoms with van der Waals surface area (Å²) in [4.78, 5) is 46.5. The van der Waals surface area contributed by atoms with Gasteiger partial charge < -0.3 is 25.3 Å². The Hall–Kier alpha value is -4.15. The fraction of sp³-hybridized carbons (Fsp3) is 0.200. The highest BCUT2D eigenvalue weighted by atomic mass is 19.1. The lowest BCUT2D eigenvalue weighted by atomic mass is 10.2. The Labute approximate surface area is 176 Å². The Morgan fingerprint density at radius 2 is 1.74 bits per heavy atom. The highest BCUT2D eigenvalue weighted by molar-refractivity contribution is 5.98. The van der Waals surface area contributed by atoms with Gasteiger partial charge in [0.2, 0.25) is 0 Å². The molecule has 1 atom stereocenters. The molecule has 0 aliphatic carbocycles. The van der Waals surface area contributed by atoms with E-state index < -0.39 is 35.7 Å². The molecule has 4 N–H and O–H groups in total. The van der Waals surface area contributed by atoms with Gasteiger partial charge in [-0.1, -0.05) is 0 Å². The molecule has 2 rings (SSSR count). The highest BCUT2D eigenvalue weighted by Gasteiger charge is 2.21. The minimum absolute atomic E-state index is 0.0405. The number of benzene rings is 2. The van der Waals surface area contributed by atoms with Gasteiger partial charge in [-0.2, -0.15) is 0 Å². The van der Waals surface area contributed by atoms with Crippen molar-refractivity contribution in [3.05, 3.63) is 53.8 Å². The third-order valence-electron chi connectivity index (χ3n) is 3.79. The van der Waals surface area contributed by atoms with Crippen molar-refractivity contribution in [3.63, 3.8) is 0 Å². The van der Waals surface area contributed by atoms with Gasteiger partial charge in [0, 0.05) is 5.69 Å². The van der Waals surface area contributed by atoms with Crippen molar-refractivity contribution in [1.29, 1.82) is 0 Å². The number of methoxy groups -OCH3 is 1. The molecule has 31 heavy (non-hydrogen) atoms. The second-order valence-electron chi connectivity index (χ2n) is 6.11. The van der Waals surface area contributed by atoms with Crippen LogP contribution in [0.2, 0.25) is 0 Å². The third-order valence-corrected chi connectivity index (χ3v) is 3.79. The fourth-order valence-electron chi connectivity index (χ4n) is 2.29. The number of hydrogen-bond donors (Lipinski definition) is 3. The van der Waals surface area contributed by atoms with Gasteiger partial charge in [0.15, 0.2) is 24.2 Å². The van der Waals surface area contributed by atoms with Gasteiger partial charge in [0.05, 0.1) is 12.7 Å². The van der Waals surface area contributed by atoms with Crippen molar-refractivity contribution in [2.24, 2.45) is 5.73 Å². The SMILES string of the molecule is COc1cc(C(=O)OC(C)C(=O)NC(N)=O)ccc1OCC(=O)Nc1ccc(F)cc1. The van der Waals surface area contributed by atoms with Gasteiger partial charge in [-0.25, -0.2) is 14.0 Å². The van der Waals surface area contributed by atoms with Crippen molar-refractivity contribution >= 4 is 29.5 Å². The second kappa shape index (κ2) is 10.6. The van der Waals surface area contributed by atoms with Gasteiger partial charge in [-0.15, -0.1) is 0 Å². The normalized spacial score (nSPS) is 11.1. The molecule has 0 heterocycles.